The fraction of sp³-hybridized carbons (Fsp3) is 0.500. The van der Waals surface area contributed by atoms with Crippen LogP contribution in [0, 0.1) is 0 Å². The summed E-state index contributed by atoms with van der Waals surface area (Å²) in [6, 6.07) is 7.49. The number of carbonyl (C=O) groups excluding carboxylic acids is 1. The van der Waals surface area contributed by atoms with Crippen molar-refractivity contribution in [1.82, 2.24) is 4.90 Å². The number of nitrogens with two attached hydrogens (primary N) is 1. The number of amides is 1. The zero-order chi connectivity index (χ0) is 13.0. The van der Waals surface area contributed by atoms with Gasteiger partial charge in [-0.2, -0.15) is 0 Å². The number of rotatable bonds is 4. The second-order valence-electron chi connectivity index (χ2n) is 4.78. The van der Waals surface area contributed by atoms with Gasteiger partial charge in [-0.1, -0.05) is 18.2 Å². The van der Waals surface area contributed by atoms with Crippen molar-refractivity contribution in [3.63, 3.8) is 0 Å². The molecule has 1 heterocycles. The Hall–Kier alpha value is -1.55. The second kappa shape index (κ2) is 5.87. The lowest BCUT2D eigenvalue weighted by Gasteiger charge is -2.21. The molecule has 18 heavy (non-hydrogen) atoms. The molecule has 4 heteroatoms. The first-order valence-corrected chi connectivity index (χ1v) is 6.36. The van der Waals surface area contributed by atoms with Gasteiger partial charge < -0.3 is 15.4 Å². The van der Waals surface area contributed by atoms with E-state index in [0.29, 0.717) is 18.7 Å². The summed E-state index contributed by atoms with van der Waals surface area (Å²) in [6.07, 6.45) is 2.70. The van der Waals surface area contributed by atoms with Crippen molar-refractivity contribution in [2.45, 2.75) is 25.4 Å². The molecule has 1 aliphatic heterocycles. The third kappa shape index (κ3) is 3.23. The smallest absolute Gasteiger partial charge is 0.226 e. The van der Waals surface area contributed by atoms with Crippen LogP contribution in [0.15, 0.2) is 24.3 Å². The van der Waals surface area contributed by atoms with Crippen LogP contribution >= 0.6 is 0 Å². The maximum absolute atomic E-state index is 12.1. The van der Waals surface area contributed by atoms with Crippen LogP contribution < -0.4 is 5.73 Å². The summed E-state index contributed by atoms with van der Waals surface area (Å²) >= 11 is 0. The topological polar surface area (TPSA) is 55.6 Å². The van der Waals surface area contributed by atoms with Crippen molar-refractivity contribution in [1.29, 1.82) is 0 Å². The minimum atomic E-state index is 0.0865. The second-order valence-corrected chi connectivity index (χ2v) is 4.78. The van der Waals surface area contributed by atoms with Crippen molar-refractivity contribution in [2.75, 3.05) is 25.9 Å². The first kappa shape index (κ1) is 12.9. The van der Waals surface area contributed by atoms with Gasteiger partial charge in [-0.3, -0.25) is 4.79 Å². The van der Waals surface area contributed by atoms with E-state index in [2.05, 4.69) is 0 Å². The van der Waals surface area contributed by atoms with Crippen LogP contribution in [0.5, 0.6) is 0 Å². The third-order valence-electron chi connectivity index (χ3n) is 3.32. The highest BCUT2D eigenvalue weighted by Gasteiger charge is 2.20. The number of nitrogen functional groups attached to an aromatic ring is 1. The van der Waals surface area contributed by atoms with Gasteiger partial charge in [0.15, 0.2) is 0 Å². The normalized spacial score (nSPS) is 18.8. The number of carbonyl (C=O) groups is 1. The number of ether oxygens (including phenoxy) is 1. The van der Waals surface area contributed by atoms with Crippen LogP contribution in [0.1, 0.15) is 18.4 Å². The molecule has 0 spiro atoms. The largest absolute Gasteiger partial charge is 0.398 e. The Morgan fingerprint density at radius 2 is 2.28 bits per heavy atom. The van der Waals surface area contributed by atoms with Crippen molar-refractivity contribution in [3.8, 4) is 0 Å². The lowest BCUT2D eigenvalue weighted by molar-refractivity contribution is -0.130. The molecule has 0 bridgehead atoms. The van der Waals surface area contributed by atoms with Gasteiger partial charge in [0.05, 0.1) is 12.5 Å². The number of nitrogens with zero attached hydrogens (tertiary/aromatic N) is 1. The predicted molar refractivity (Wildman–Crippen MR) is 71.2 cm³/mol. The minimum Gasteiger partial charge on any atom is -0.398 e. The number of likely N-dealkylation sites (N-methyl/N-ethyl adjacent to an activating group) is 1. The number of benzene rings is 1. The summed E-state index contributed by atoms with van der Waals surface area (Å²) in [4.78, 5) is 13.8. The number of anilines is 1. The molecule has 1 unspecified atom stereocenters. The SMILES string of the molecule is CN(CC1CCCO1)C(=O)Cc1ccccc1N. The van der Waals surface area contributed by atoms with E-state index in [1.54, 1.807) is 4.90 Å². The van der Waals surface area contributed by atoms with E-state index >= 15 is 0 Å². The molecule has 0 aliphatic carbocycles. The molecule has 0 aromatic heterocycles. The Balaban J connectivity index is 1.89. The highest BCUT2D eigenvalue weighted by atomic mass is 16.5. The molecule has 1 aromatic carbocycles. The summed E-state index contributed by atoms with van der Waals surface area (Å²) < 4.78 is 5.53. The summed E-state index contributed by atoms with van der Waals surface area (Å²) in [5.74, 6) is 0.0865. The minimum absolute atomic E-state index is 0.0865. The fourth-order valence-corrected chi connectivity index (χ4v) is 2.19. The van der Waals surface area contributed by atoms with Crippen molar-refractivity contribution >= 4 is 11.6 Å². The van der Waals surface area contributed by atoms with Gasteiger partial charge in [0, 0.05) is 25.9 Å². The van der Waals surface area contributed by atoms with Gasteiger partial charge in [0.2, 0.25) is 5.91 Å². The average Bonchev–Trinajstić information content (AvgIpc) is 2.84. The third-order valence-corrected chi connectivity index (χ3v) is 3.32. The van der Waals surface area contributed by atoms with Crippen LogP contribution in [0.2, 0.25) is 0 Å². The molecule has 1 atom stereocenters. The summed E-state index contributed by atoms with van der Waals surface area (Å²) in [6.45, 7) is 1.49. The van der Waals surface area contributed by atoms with E-state index in [1.807, 2.05) is 31.3 Å². The lowest BCUT2D eigenvalue weighted by atomic mass is 10.1. The van der Waals surface area contributed by atoms with Gasteiger partial charge in [-0.05, 0) is 24.5 Å². The molecule has 0 saturated carbocycles. The molecular weight excluding hydrogens is 228 g/mol. The van der Waals surface area contributed by atoms with E-state index < -0.39 is 0 Å². The first-order valence-electron chi connectivity index (χ1n) is 6.36. The van der Waals surface area contributed by atoms with Crippen molar-refractivity contribution in [3.05, 3.63) is 29.8 Å². The molecular formula is C14H20N2O2. The van der Waals surface area contributed by atoms with E-state index in [4.69, 9.17) is 10.5 Å². The quantitative estimate of drug-likeness (QED) is 0.820. The Kier molecular flexibility index (Phi) is 4.20. The summed E-state index contributed by atoms with van der Waals surface area (Å²) in [7, 11) is 1.82. The molecule has 1 amide bonds. The first-order chi connectivity index (χ1) is 8.66. The molecule has 0 radical (unpaired) electrons. The molecule has 98 valence electrons. The van der Waals surface area contributed by atoms with E-state index in [-0.39, 0.29) is 12.0 Å². The average molecular weight is 248 g/mol. The number of hydrogen-bond acceptors (Lipinski definition) is 3. The van der Waals surface area contributed by atoms with Crippen LogP contribution in [0.3, 0.4) is 0 Å². The van der Waals surface area contributed by atoms with Gasteiger partial charge in [0.1, 0.15) is 0 Å². The maximum Gasteiger partial charge on any atom is 0.226 e. The van der Waals surface area contributed by atoms with Crippen molar-refractivity contribution < 1.29 is 9.53 Å². The Bertz CT molecular complexity index is 414. The molecule has 2 rings (SSSR count). The maximum atomic E-state index is 12.1. The highest BCUT2D eigenvalue weighted by molar-refractivity contribution is 5.80. The molecule has 4 nitrogen and oxygen atoms in total. The van der Waals surface area contributed by atoms with Gasteiger partial charge in [-0.15, -0.1) is 0 Å². The molecule has 1 saturated heterocycles. The number of para-hydroxylation sites is 1. The molecule has 1 aliphatic rings. The van der Waals surface area contributed by atoms with Gasteiger partial charge in [-0.25, -0.2) is 0 Å². The number of hydrogen-bond donors (Lipinski definition) is 1. The van der Waals surface area contributed by atoms with Crippen LogP contribution in [0.4, 0.5) is 5.69 Å². The van der Waals surface area contributed by atoms with Crippen molar-refractivity contribution in [2.24, 2.45) is 0 Å². The predicted octanol–water partition coefficient (Wildman–Crippen LogP) is 1.45. The zero-order valence-electron chi connectivity index (χ0n) is 10.8. The summed E-state index contributed by atoms with van der Waals surface area (Å²) in [5.41, 5.74) is 7.40. The zero-order valence-corrected chi connectivity index (χ0v) is 10.8. The Labute approximate surface area is 108 Å². The van der Waals surface area contributed by atoms with E-state index in [1.165, 1.54) is 0 Å². The highest BCUT2D eigenvalue weighted by Crippen LogP contribution is 2.15. The molecule has 2 N–H and O–H groups in total. The van der Waals surface area contributed by atoms with E-state index in [9.17, 15) is 4.79 Å². The lowest BCUT2D eigenvalue weighted by Crippen LogP contribution is -2.35. The Morgan fingerprint density at radius 1 is 1.50 bits per heavy atom. The van der Waals surface area contributed by atoms with Crippen LogP contribution in [-0.2, 0) is 16.0 Å². The fourth-order valence-electron chi connectivity index (χ4n) is 2.19. The van der Waals surface area contributed by atoms with Gasteiger partial charge >= 0.3 is 0 Å². The van der Waals surface area contributed by atoms with Gasteiger partial charge in [0.25, 0.3) is 0 Å². The molecule has 1 fully saturated rings. The monoisotopic (exact) mass is 248 g/mol. The van der Waals surface area contributed by atoms with E-state index in [0.717, 1.165) is 25.0 Å². The standard InChI is InChI=1S/C14H20N2O2/c1-16(10-12-6-4-8-18-12)14(17)9-11-5-2-3-7-13(11)15/h2-3,5,7,12H,4,6,8-10,15H2,1H3. The van der Waals surface area contributed by atoms with Crippen LogP contribution in [0.25, 0.3) is 0 Å². The Morgan fingerprint density at radius 3 is 2.94 bits per heavy atom. The van der Waals surface area contributed by atoms with Crippen LogP contribution in [-0.4, -0.2) is 37.1 Å². The summed E-state index contributed by atoms with van der Waals surface area (Å²) in [5, 5.41) is 0. The molecule has 1 aromatic rings.